The molecule has 0 amide bonds. The number of methoxy groups -OCH3 is 1. The summed E-state index contributed by atoms with van der Waals surface area (Å²) in [5.41, 5.74) is 1.11. The summed E-state index contributed by atoms with van der Waals surface area (Å²) in [5, 5.41) is 4.73. The van der Waals surface area contributed by atoms with Gasteiger partial charge in [0.25, 0.3) is 0 Å². The van der Waals surface area contributed by atoms with Crippen LogP contribution in [0.3, 0.4) is 0 Å². The molecule has 0 radical (unpaired) electrons. The predicted octanol–water partition coefficient (Wildman–Crippen LogP) is 2.85. The van der Waals surface area contributed by atoms with E-state index in [2.05, 4.69) is 97.1 Å². The Bertz CT molecular complexity index is 975. The second-order valence-electron chi connectivity index (χ2n) is 6.91. The van der Waals surface area contributed by atoms with Gasteiger partial charge in [-0.15, -0.1) is 0 Å². The molecule has 0 spiro atoms. The molecule has 0 unspecified atom stereocenters. The highest BCUT2D eigenvalue weighted by atomic mass is 79.9. The molecule has 0 heterocycles. The SMILES string of the molecule is COc1cccc(C[P+](c2ccccc2)(c2ccccc2)c2ccccc2)c1Cl.[Br-]. The van der Waals surface area contributed by atoms with Crippen molar-refractivity contribution in [1.29, 1.82) is 0 Å². The molecule has 4 aromatic rings. The van der Waals surface area contributed by atoms with Crippen molar-refractivity contribution in [2.75, 3.05) is 7.11 Å². The first kappa shape index (κ1) is 22.6. The van der Waals surface area contributed by atoms with Crippen molar-refractivity contribution >= 4 is 34.8 Å². The van der Waals surface area contributed by atoms with Crippen LogP contribution in [0.5, 0.6) is 5.75 Å². The monoisotopic (exact) mass is 496 g/mol. The standard InChI is InChI=1S/C26H23ClOP.BrH/c1-28-25-19-11-12-21(26(25)27)20-29(22-13-5-2-6-14-22,23-15-7-3-8-16-23)24-17-9-4-10-18-24;/h2-19H,20H2,1H3;1H/q+1;/p-1. The van der Waals surface area contributed by atoms with E-state index in [0.717, 1.165) is 17.5 Å². The molecule has 0 aliphatic heterocycles. The van der Waals surface area contributed by atoms with Crippen molar-refractivity contribution in [2.24, 2.45) is 0 Å². The van der Waals surface area contributed by atoms with E-state index in [1.165, 1.54) is 15.9 Å². The number of ether oxygens (including phenoxy) is 1. The highest BCUT2D eigenvalue weighted by Crippen LogP contribution is 2.59. The van der Waals surface area contributed by atoms with Gasteiger partial charge in [-0.3, -0.25) is 0 Å². The zero-order valence-electron chi connectivity index (χ0n) is 16.7. The fourth-order valence-electron chi connectivity index (χ4n) is 3.86. The van der Waals surface area contributed by atoms with Gasteiger partial charge in [0, 0.05) is 5.56 Å². The minimum absolute atomic E-state index is 0. The average molecular weight is 498 g/mol. The quantitative estimate of drug-likeness (QED) is 0.372. The Balaban J connectivity index is 0.00000256. The van der Waals surface area contributed by atoms with Gasteiger partial charge in [0.15, 0.2) is 0 Å². The molecule has 1 nitrogen and oxygen atoms in total. The van der Waals surface area contributed by atoms with Crippen molar-refractivity contribution in [3.63, 3.8) is 0 Å². The number of hydrogen-bond acceptors (Lipinski definition) is 1. The molecular formula is C26H23BrClOP. The average Bonchev–Trinajstić information content (AvgIpc) is 2.80. The van der Waals surface area contributed by atoms with Crippen LogP contribution in [0, 0.1) is 0 Å². The van der Waals surface area contributed by atoms with Crippen LogP contribution < -0.4 is 37.6 Å². The summed E-state index contributed by atoms with van der Waals surface area (Å²) in [5.74, 6) is 0.719. The van der Waals surface area contributed by atoms with E-state index in [4.69, 9.17) is 16.3 Å². The van der Waals surface area contributed by atoms with Crippen LogP contribution in [-0.4, -0.2) is 7.11 Å². The van der Waals surface area contributed by atoms with Crippen LogP contribution in [0.4, 0.5) is 0 Å². The molecule has 0 saturated carbocycles. The van der Waals surface area contributed by atoms with Crippen LogP contribution >= 0.6 is 18.9 Å². The maximum Gasteiger partial charge on any atom is 0.137 e. The van der Waals surface area contributed by atoms with E-state index >= 15 is 0 Å². The Labute approximate surface area is 194 Å². The minimum Gasteiger partial charge on any atom is -1.00 e. The molecule has 30 heavy (non-hydrogen) atoms. The Kier molecular flexibility index (Phi) is 7.72. The lowest BCUT2D eigenvalue weighted by Gasteiger charge is -2.28. The molecule has 0 fully saturated rings. The van der Waals surface area contributed by atoms with Gasteiger partial charge in [-0.1, -0.05) is 78.3 Å². The maximum atomic E-state index is 6.77. The van der Waals surface area contributed by atoms with Crippen molar-refractivity contribution in [3.8, 4) is 5.75 Å². The minimum atomic E-state index is -1.97. The topological polar surface area (TPSA) is 9.23 Å². The third kappa shape index (κ3) is 4.32. The fourth-order valence-corrected chi connectivity index (χ4v) is 8.48. The molecule has 4 heteroatoms. The van der Waals surface area contributed by atoms with E-state index in [1.54, 1.807) is 7.11 Å². The summed E-state index contributed by atoms with van der Waals surface area (Å²) in [4.78, 5) is 0. The van der Waals surface area contributed by atoms with E-state index in [0.29, 0.717) is 5.02 Å². The highest BCUT2D eigenvalue weighted by Gasteiger charge is 2.45. The fraction of sp³-hybridized carbons (Fsp3) is 0.0769. The van der Waals surface area contributed by atoms with Gasteiger partial charge < -0.3 is 21.7 Å². The van der Waals surface area contributed by atoms with Crippen LogP contribution in [-0.2, 0) is 6.16 Å². The van der Waals surface area contributed by atoms with Gasteiger partial charge in [-0.05, 0) is 42.5 Å². The summed E-state index contributed by atoms with van der Waals surface area (Å²) in [6.45, 7) is 0. The van der Waals surface area contributed by atoms with Crippen molar-refractivity contribution < 1.29 is 21.7 Å². The Hall–Kier alpha value is -2.12. The lowest BCUT2D eigenvalue weighted by molar-refractivity contribution is -0.00000586. The predicted molar refractivity (Wildman–Crippen MR) is 127 cm³/mol. The molecule has 4 rings (SSSR count). The van der Waals surface area contributed by atoms with Gasteiger partial charge in [-0.2, -0.15) is 0 Å². The first-order valence-electron chi connectivity index (χ1n) is 9.62. The molecule has 0 atom stereocenters. The number of halogens is 2. The van der Waals surface area contributed by atoms with Crippen molar-refractivity contribution in [1.82, 2.24) is 0 Å². The Morgan fingerprint density at radius 3 is 1.47 bits per heavy atom. The lowest BCUT2D eigenvalue weighted by Crippen LogP contribution is -3.00. The molecular weight excluding hydrogens is 475 g/mol. The zero-order chi connectivity index (χ0) is 20.1. The van der Waals surface area contributed by atoms with E-state index < -0.39 is 7.26 Å². The van der Waals surface area contributed by atoms with Gasteiger partial charge in [0.05, 0.1) is 12.1 Å². The summed E-state index contributed by atoms with van der Waals surface area (Å²) < 4.78 is 5.50. The van der Waals surface area contributed by atoms with Crippen LogP contribution in [0.2, 0.25) is 5.02 Å². The molecule has 0 aromatic heterocycles. The molecule has 4 aromatic carbocycles. The molecule has 0 N–H and O–H groups in total. The van der Waals surface area contributed by atoms with E-state index in [9.17, 15) is 0 Å². The van der Waals surface area contributed by atoms with Gasteiger partial charge in [-0.25, -0.2) is 0 Å². The van der Waals surface area contributed by atoms with Crippen molar-refractivity contribution in [3.05, 3.63) is 120 Å². The smallest absolute Gasteiger partial charge is 0.137 e. The largest absolute Gasteiger partial charge is 1.00 e. The van der Waals surface area contributed by atoms with Gasteiger partial charge >= 0.3 is 0 Å². The third-order valence-electron chi connectivity index (χ3n) is 5.26. The lowest BCUT2D eigenvalue weighted by atomic mass is 10.2. The summed E-state index contributed by atoms with van der Waals surface area (Å²) in [6.07, 6.45) is 0.834. The second kappa shape index (κ2) is 10.3. The first-order valence-corrected chi connectivity index (χ1v) is 12.0. The van der Waals surface area contributed by atoms with Gasteiger partial charge in [0.1, 0.15) is 35.1 Å². The van der Waals surface area contributed by atoms with E-state index in [-0.39, 0.29) is 17.0 Å². The molecule has 0 aliphatic rings. The Morgan fingerprint density at radius 1 is 0.633 bits per heavy atom. The summed E-state index contributed by atoms with van der Waals surface area (Å²) in [6, 6.07) is 38.6. The normalized spacial score (nSPS) is 10.9. The zero-order valence-corrected chi connectivity index (χ0v) is 19.9. The summed E-state index contributed by atoms with van der Waals surface area (Å²) >= 11 is 6.77. The van der Waals surface area contributed by atoms with Crippen LogP contribution in [0.25, 0.3) is 0 Å². The van der Waals surface area contributed by atoms with Crippen LogP contribution in [0.15, 0.2) is 109 Å². The van der Waals surface area contributed by atoms with Crippen LogP contribution in [0.1, 0.15) is 5.56 Å². The highest BCUT2D eigenvalue weighted by molar-refractivity contribution is 7.95. The van der Waals surface area contributed by atoms with E-state index in [1.807, 2.05) is 12.1 Å². The molecule has 0 saturated heterocycles. The summed E-state index contributed by atoms with van der Waals surface area (Å²) in [7, 11) is -0.307. The van der Waals surface area contributed by atoms with Crippen molar-refractivity contribution in [2.45, 2.75) is 6.16 Å². The number of hydrogen-bond donors (Lipinski definition) is 0. The van der Waals surface area contributed by atoms with Gasteiger partial charge in [0.2, 0.25) is 0 Å². The maximum absolute atomic E-state index is 6.77. The number of rotatable bonds is 6. The Morgan fingerprint density at radius 2 is 1.07 bits per heavy atom. The molecule has 0 aliphatic carbocycles. The second-order valence-corrected chi connectivity index (χ2v) is 10.8. The molecule has 0 bridgehead atoms. The number of benzene rings is 4. The first-order chi connectivity index (χ1) is 14.3. The third-order valence-corrected chi connectivity index (χ3v) is 10.0. The molecule has 152 valence electrons.